The van der Waals surface area contributed by atoms with Crippen LogP contribution in [0, 0.1) is 6.92 Å². The molecule has 0 aliphatic carbocycles. The van der Waals surface area contributed by atoms with Crippen molar-refractivity contribution in [2.75, 3.05) is 18.1 Å². The maximum absolute atomic E-state index is 11.5. The molecule has 0 aromatic carbocycles. The predicted octanol–water partition coefficient (Wildman–Crippen LogP) is 1.13. The second kappa shape index (κ2) is 6.89. The Balaban J connectivity index is 2.66. The van der Waals surface area contributed by atoms with Gasteiger partial charge >= 0.3 is 0 Å². The van der Waals surface area contributed by atoms with Crippen molar-refractivity contribution in [2.24, 2.45) is 0 Å². The summed E-state index contributed by atoms with van der Waals surface area (Å²) in [7, 11) is -2.92. The molecule has 0 fully saturated rings. The number of aromatic nitrogens is 2. The highest BCUT2D eigenvalue weighted by Gasteiger charge is 2.11. The number of hydrogen-bond acceptors (Lipinski definition) is 4. The molecule has 1 aromatic heterocycles. The smallest absolute Gasteiger partial charge is 0.151 e. The molecular formula is C12H23N3O2S. The van der Waals surface area contributed by atoms with Crippen LogP contribution in [0.1, 0.15) is 31.8 Å². The molecule has 5 nitrogen and oxygen atoms in total. The average molecular weight is 273 g/mol. The van der Waals surface area contributed by atoms with E-state index in [1.165, 1.54) is 0 Å². The average Bonchev–Trinajstić information content (AvgIpc) is 2.68. The fraction of sp³-hybridized carbons (Fsp3) is 0.750. The molecule has 0 aliphatic rings. The molecule has 0 bridgehead atoms. The van der Waals surface area contributed by atoms with Crippen LogP contribution in [0.4, 0.5) is 0 Å². The van der Waals surface area contributed by atoms with E-state index in [9.17, 15) is 8.42 Å². The normalized spacial score (nSPS) is 11.9. The van der Waals surface area contributed by atoms with Gasteiger partial charge in [-0.15, -0.1) is 0 Å². The highest BCUT2D eigenvalue weighted by atomic mass is 32.2. The van der Waals surface area contributed by atoms with Gasteiger partial charge in [-0.1, -0.05) is 13.8 Å². The number of hydrogen-bond donors (Lipinski definition) is 1. The number of aryl methyl sites for hydroxylation is 1. The maximum Gasteiger partial charge on any atom is 0.151 e. The van der Waals surface area contributed by atoms with Gasteiger partial charge in [0.15, 0.2) is 9.84 Å². The van der Waals surface area contributed by atoms with Gasteiger partial charge in [-0.05, 0) is 19.9 Å². The summed E-state index contributed by atoms with van der Waals surface area (Å²) in [6, 6.07) is 0. The lowest BCUT2D eigenvalue weighted by Crippen LogP contribution is -2.20. The van der Waals surface area contributed by atoms with E-state index >= 15 is 0 Å². The summed E-state index contributed by atoms with van der Waals surface area (Å²) in [5.74, 6) is 1.25. The maximum atomic E-state index is 11.5. The Bertz CT molecular complexity index is 466. The van der Waals surface area contributed by atoms with Crippen LogP contribution < -0.4 is 5.32 Å². The van der Waals surface area contributed by atoms with Crippen LogP contribution in [0.3, 0.4) is 0 Å². The van der Waals surface area contributed by atoms with Gasteiger partial charge in [-0.3, -0.25) is 0 Å². The zero-order chi connectivity index (χ0) is 13.6. The van der Waals surface area contributed by atoms with Crippen molar-refractivity contribution >= 4 is 9.84 Å². The Morgan fingerprint density at radius 3 is 2.72 bits per heavy atom. The van der Waals surface area contributed by atoms with Gasteiger partial charge in [-0.25, -0.2) is 13.4 Å². The Morgan fingerprint density at radius 1 is 1.39 bits per heavy atom. The molecule has 0 spiro atoms. The van der Waals surface area contributed by atoms with Crippen molar-refractivity contribution in [3.63, 3.8) is 0 Å². The lowest BCUT2D eigenvalue weighted by molar-refractivity contribution is 0.580. The van der Waals surface area contributed by atoms with Gasteiger partial charge < -0.3 is 9.88 Å². The Labute approximate surface area is 110 Å². The van der Waals surface area contributed by atoms with Crippen LogP contribution in [-0.4, -0.2) is 36.0 Å². The SMILES string of the molecule is CCCNCc1cnc(C)n1CCS(=O)(=O)CC. The van der Waals surface area contributed by atoms with E-state index in [1.807, 2.05) is 17.7 Å². The second-order valence-electron chi connectivity index (χ2n) is 4.36. The van der Waals surface area contributed by atoms with Crippen molar-refractivity contribution in [3.8, 4) is 0 Å². The molecule has 1 N–H and O–H groups in total. The summed E-state index contributed by atoms with van der Waals surface area (Å²) in [4.78, 5) is 4.25. The second-order valence-corrected chi connectivity index (χ2v) is 6.83. The van der Waals surface area contributed by atoms with Gasteiger partial charge in [0.2, 0.25) is 0 Å². The van der Waals surface area contributed by atoms with Gasteiger partial charge in [0.1, 0.15) is 5.82 Å². The third-order valence-corrected chi connectivity index (χ3v) is 4.62. The monoisotopic (exact) mass is 273 g/mol. The van der Waals surface area contributed by atoms with Crippen LogP contribution in [0.25, 0.3) is 0 Å². The molecular weight excluding hydrogens is 250 g/mol. The van der Waals surface area contributed by atoms with Crippen molar-refractivity contribution in [1.82, 2.24) is 14.9 Å². The number of sulfone groups is 1. The molecule has 0 atom stereocenters. The molecule has 1 aromatic rings. The molecule has 0 radical (unpaired) electrons. The van der Waals surface area contributed by atoms with Gasteiger partial charge in [0.25, 0.3) is 0 Å². The highest BCUT2D eigenvalue weighted by molar-refractivity contribution is 7.91. The van der Waals surface area contributed by atoms with E-state index in [0.29, 0.717) is 6.54 Å². The van der Waals surface area contributed by atoms with Crippen LogP contribution in [0.15, 0.2) is 6.20 Å². The largest absolute Gasteiger partial charge is 0.330 e. The summed E-state index contributed by atoms with van der Waals surface area (Å²) in [6.07, 6.45) is 2.90. The van der Waals surface area contributed by atoms with E-state index < -0.39 is 9.84 Å². The van der Waals surface area contributed by atoms with Gasteiger partial charge in [0, 0.05) is 25.0 Å². The molecule has 0 amide bonds. The first-order chi connectivity index (χ1) is 8.50. The van der Waals surface area contributed by atoms with Crippen molar-refractivity contribution in [1.29, 1.82) is 0 Å². The molecule has 18 heavy (non-hydrogen) atoms. The molecule has 1 heterocycles. The quantitative estimate of drug-likeness (QED) is 0.721. The lowest BCUT2D eigenvalue weighted by Gasteiger charge is -2.10. The highest BCUT2D eigenvalue weighted by Crippen LogP contribution is 2.06. The minimum atomic E-state index is -2.92. The van der Waals surface area contributed by atoms with Crippen molar-refractivity contribution in [3.05, 3.63) is 17.7 Å². The van der Waals surface area contributed by atoms with Gasteiger partial charge in [0.05, 0.1) is 11.4 Å². The van der Waals surface area contributed by atoms with E-state index in [-0.39, 0.29) is 11.5 Å². The van der Waals surface area contributed by atoms with E-state index in [0.717, 1.165) is 31.0 Å². The zero-order valence-corrected chi connectivity index (χ0v) is 12.3. The summed E-state index contributed by atoms with van der Waals surface area (Å²) >= 11 is 0. The summed E-state index contributed by atoms with van der Waals surface area (Å²) in [6.45, 7) is 7.88. The fourth-order valence-corrected chi connectivity index (χ4v) is 2.48. The first kappa shape index (κ1) is 15.2. The van der Waals surface area contributed by atoms with Crippen LogP contribution >= 0.6 is 0 Å². The van der Waals surface area contributed by atoms with Crippen LogP contribution in [-0.2, 0) is 22.9 Å². The fourth-order valence-electron chi connectivity index (χ4n) is 1.73. The molecule has 0 saturated carbocycles. The predicted molar refractivity (Wildman–Crippen MR) is 73.3 cm³/mol. The van der Waals surface area contributed by atoms with Gasteiger partial charge in [-0.2, -0.15) is 0 Å². The summed E-state index contributed by atoms with van der Waals surface area (Å²) in [5.41, 5.74) is 1.05. The first-order valence-electron chi connectivity index (χ1n) is 6.42. The number of nitrogens with one attached hydrogen (secondary N) is 1. The topological polar surface area (TPSA) is 64.0 Å². The lowest BCUT2D eigenvalue weighted by atomic mass is 10.4. The van der Waals surface area contributed by atoms with Crippen LogP contribution in [0.5, 0.6) is 0 Å². The Hall–Kier alpha value is -0.880. The minimum Gasteiger partial charge on any atom is -0.330 e. The standard InChI is InChI=1S/C12H23N3O2S/c1-4-6-13-9-12-10-14-11(3)15(12)7-8-18(16,17)5-2/h10,13H,4-9H2,1-3H3. The van der Waals surface area contributed by atoms with E-state index in [1.54, 1.807) is 6.92 Å². The molecule has 1 rings (SSSR count). The third-order valence-electron chi connectivity index (χ3n) is 2.94. The number of nitrogens with zero attached hydrogens (tertiary/aromatic N) is 2. The molecule has 6 heteroatoms. The Morgan fingerprint density at radius 2 is 2.11 bits per heavy atom. The summed E-state index contributed by atoms with van der Waals surface area (Å²) in [5, 5.41) is 3.31. The third kappa shape index (κ3) is 4.42. The van der Waals surface area contributed by atoms with E-state index in [4.69, 9.17) is 0 Å². The number of rotatable bonds is 8. The minimum absolute atomic E-state index is 0.182. The van der Waals surface area contributed by atoms with E-state index in [2.05, 4.69) is 17.2 Å². The molecule has 0 aliphatic heterocycles. The molecule has 0 unspecified atom stereocenters. The first-order valence-corrected chi connectivity index (χ1v) is 8.24. The molecule has 104 valence electrons. The summed E-state index contributed by atoms with van der Waals surface area (Å²) < 4.78 is 25.0. The Kier molecular flexibility index (Phi) is 5.81. The van der Waals surface area contributed by atoms with Crippen molar-refractivity contribution < 1.29 is 8.42 Å². The van der Waals surface area contributed by atoms with Crippen LogP contribution in [0.2, 0.25) is 0 Å². The van der Waals surface area contributed by atoms with Crippen molar-refractivity contribution in [2.45, 2.75) is 40.3 Å². The number of imidazole rings is 1. The zero-order valence-electron chi connectivity index (χ0n) is 11.4. The molecule has 0 saturated heterocycles.